The van der Waals surface area contributed by atoms with Gasteiger partial charge in [-0.1, -0.05) is 0 Å². The van der Waals surface area contributed by atoms with Gasteiger partial charge in [0.2, 0.25) is 5.91 Å². The maximum Gasteiger partial charge on any atom is 0.326 e. The van der Waals surface area contributed by atoms with E-state index in [-0.39, 0.29) is 11.3 Å². The van der Waals surface area contributed by atoms with Crippen molar-refractivity contribution in [1.29, 1.82) is 0 Å². The summed E-state index contributed by atoms with van der Waals surface area (Å²) in [5.41, 5.74) is 0.0791. The number of likely N-dealkylation sites (tertiary alicyclic amines) is 2. The summed E-state index contributed by atoms with van der Waals surface area (Å²) in [7, 11) is 2.01. The van der Waals surface area contributed by atoms with E-state index >= 15 is 0 Å². The second kappa shape index (κ2) is 6.55. The first kappa shape index (κ1) is 17.0. The summed E-state index contributed by atoms with van der Waals surface area (Å²) in [5.74, 6) is 0.115. The average Bonchev–Trinajstić information content (AvgIpc) is 2.96. The van der Waals surface area contributed by atoms with Crippen LogP contribution < -0.4 is 0 Å². The van der Waals surface area contributed by atoms with Crippen molar-refractivity contribution in [3.05, 3.63) is 18.2 Å². The van der Waals surface area contributed by atoms with E-state index in [1.54, 1.807) is 11.8 Å². The van der Waals surface area contributed by atoms with Gasteiger partial charge in [0, 0.05) is 32.4 Å². The zero-order valence-electron chi connectivity index (χ0n) is 14.4. The van der Waals surface area contributed by atoms with Gasteiger partial charge >= 0.3 is 5.97 Å². The number of rotatable bonds is 4. The molecule has 0 radical (unpaired) electrons. The van der Waals surface area contributed by atoms with Crippen LogP contribution in [0.2, 0.25) is 0 Å². The molecule has 1 aromatic rings. The number of aryl methyl sites for hydroxylation is 1. The lowest BCUT2D eigenvalue weighted by atomic mass is 9.72. The molecule has 7 heteroatoms. The number of hydrogen-bond donors (Lipinski definition) is 1. The minimum atomic E-state index is -0.924. The molecule has 2 fully saturated rings. The standard InChI is InChI=1S/C17H26N4O3/c1-13(16(23)24)21-12-17(4-3-15(21)22)5-8-20(9-6-17)11-14-18-7-10-19(14)2/h7,10,13H,3-6,8-9,11-12H2,1-2H3,(H,23,24)/t13-/m1/s1. The van der Waals surface area contributed by atoms with Crippen LogP contribution in [0.4, 0.5) is 0 Å². The van der Waals surface area contributed by atoms with Crippen LogP contribution >= 0.6 is 0 Å². The van der Waals surface area contributed by atoms with Crippen LogP contribution in [0.5, 0.6) is 0 Å². The molecule has 132 valence electrons. The van der Waals surface area contributed by atoms with Crippen LogP contribution in [0.3, 0.4) is 0 Å². The van der Waals surface area contributed by atoms with Gasteiger partial charge < -0.3 is 14.6 Å². The third-order valence-corrected chi connectivity index (χ3v) is 5.72. The number of imidazole rings is 1. The van der Waals surface area contributed by atoms with Crippen LogP contribution in [0.15, 0.2) is 12.4 Å². The van der Waals surface area contributed by atoms with Crippen molar-refractivity contribution in [3.8, 4) is 0 Å². The number of amides is 1. The minimum Gasteiger partial charge on any atom is -0.480 e. The smallest absolute Gasteiger partial charge is 0.326 e. The Hall–Kier alpha value is -1.89. The predicted octanol–water partition coefficient (Wildman–Crippen LogP) is 1.10. The molecule has 1 amide bonds. The molecule has 1 aromatic heterocycles. The summed E-state index contributed by atoms with van der Waals surface area (Å²) in [5, 5.41) is 9.24. The van der Waals surface area contributed by atoms with Gasteiger partial charge in [0.25, 0.3) is 0 Å². The fraction of sp³-hybridized carbons (Fsp3) is 0.706. The summed E-state index contributed by atoms with van der Waals surface area (Å²) in [6.07, 6.45) is 7.14. The Morgan fingerprint density at radius 3 is 2.67 bits per heavy atom. The normalized spacial score (nSPS) is 22.8. The van der Waals surface area contributed by atoms with Gasteiger partial charge in [-0.25, -0.2) is 9.78 Å². The van der Waals surface area contributed by atoms with Gasteiger partial charge in [0.15, 0.2) is 0 Å². The number of aromatic nitrogens is 2. The van der Waals surface area contributed by atoms with Gasteiger partial charge in [0.05, 0.1) is 6.54 Å². The summed E-state index contributed by atoms with van der Waals surface area (Å²) < 4.78 is 2.04. The van der Waals surface area contributed by atoms with Crippen LogP contribution in [-0.4, -0.2) is 62.0 Å². The average molecular weight is 334 g/mol. The molecule has 3 rings (SSSR count). The topological polar surface area (TPSA) is 78.7 Å². The van der Waals surface area contributed by atoms with E-state index in [9.17, 15) is 14.7 Å². The van der Waals surface area contributed by atoms with Crippen molar-refractivity contribution >= 4 is 11.9 Å². The summed E-state index contributed by atoms with van der Waals surface area (Å²) in [6.45, 7) is 4.96. The van der Waals surface area contributed by atoms with Gasteiger partial charge in [-0.05, 0) is 44.7 Å². The van der Waals surface area contributed by atoms with Gasteiger partial charge in [0.1, 0.15) is 11.9 Å². The molecule has 1 N–H and O–H groups in total. The van der Waals surface area contributed by atoms with E-state index in [0.29, 0.717) is 13.0 Å². The molecule has 1 atom stereocenters. The molecule has 1 spiro atoms. The molecule has 0 saturated carbocycles. The van der Waals surface area contributed by atoms with Crippen molar-refractivity contribution in [2.45, 2.75) is 45.2 Å². The lowest BCUT2D eigenvalue weighted by molar-refractivity contribution is -0.155. The number of carbonyl (C=O) groups excluding carboxylic acids is 1. The molecule has 2 saturated heterocycles. The minimum absolute atomic E-state index is 0.0223. The van der Waals surface area contributed by atoms with Crippen LogP contribution in [-0.2, 0) is 23.2 Å². The Kier molecular flexibility index (Phi) is 4.62. The number of hydrogen-bond acceptors (Lipinski definition) is 4. The molecule has 7 nitrogen and oxygen atoms in total. The van der Waals surface area contributed by atoms with Crippen molar-refractivity contribution in [3.63, 3.8) is 0 Å². The molecule has 0 aromatic carbocycles. The van der Waals surface area contributed by atoms with Crippen molar-refractivity contribution < 1.29 is 14.7 Å². The van der Waals surface area contributed by atoms with E-state index in [1.807, 2.05) is 24.0 Å². The van der Waals surface area contributed by atoms with Gasteiger partial charge in [-0.2, -0.15) is 0 Å². The highest BCUT2D eigenvalue weighted by molar-refractivity contribution is 5.84. The Morgan fingerprint density at radius 2 is 2.08 bits per heavy atom. The molecule has 0 bridgehead atoms. The maximum absolute atomic E-state index is 12.1. The Bertz CT molecular complexity index is 619. The van der Waals surface area contributed by atoms with Gasteiger partial charge in [-0.3, -0.25) is 9.69 Å². The van der Waals surface area contributed by atoms with E-state index in [1.165, 1.54) is 0 Å². The number of nitrogens with zero attached hydrogens (tertiary/aromatic N) is 4. The number of piperidine rings is 2. The number of carboxylic acids is 1. The molecular formula is C17H26N4O3. The predicted molar refractivity (Wildman–Crippen MR) is 88.2 cm³/mol. The second-order valence-corrected chi connectivity index (χ2v) is 7.27. The summed E-state index contributed by atoms with van der Waals surface area (Å²) in [6, 6.07) is -0.736. The number of carboxylic acid groups (broad SMARTS) is 1. The lowest BCUT2D eigenvalue weighted by Crippen LogP contribution is -2.55. The largest absolute Gasteiger partial charge is 0.480 e. The summed E-state index contributed by atoms with van der Waals surface area (Å²) in [4.78, 5) is 31.7. The van der Waals surface area contributed by atoms with E-state index in [2.05, 4.69) is 9.88 Å². The number of aliphatic carboxylic acids is 1. The fourth-order valence-electron chi connectivity index (χ4n) is 3.87. The van der Waals surface area contributed by atoms with Crippen molar-refractivity contribution in [2.75, 3.05) is 19.6 Å². The summed E-state index contributed by atoms with van der Waals surface area (Å²) >= 11 is 0. The van der Waals surface area contributed by atoms with E-state index in [4.69, 9.17) is 0 Å². The fourth-order valence-corrected chi connectivity index (χ4v) is 3.87. The van der Waals surface area contributed by atoms with Crippen LogP contribution in [0, 0.1) is 5.41 Å². The third-order valence-electron chi connectivity index (χ3n) is 5.72. The SMILES string of the molecule is C[C@H](C(=O)O)N1CC2(CCC1=O)CCN(Cc1nccn1C)CC2. The highest BCUT2D eigenvalue weighted by atomic mass is 16.4. The molecule has 0 unspecified atom stereocenters. The van der Waals surface area contributed by atoms with Crippen molar-refractivity contribution in [2.24, 2.45) is 12.5 Å². The molecule has 24 heavy (non-hydrogen) atoms. The van der Waals surface area contributed by atoms with Crippen LogP contribution in [0.25, 0.3) is 0 Å². The molecule has 2 aliphatic rings. The highest BCUT2D eigenvalue weighted by Crippen LogP contribution is 2.41. The quantitative estimate of drug-likeness (QED) is 0.892. The third kappa shape index (κ3) is 3.31. The molecule has 2 aliphatic heterocycles. The maximum atomic E-state index is 12.1. The first-order valence-electron chi connectivity index (χ1n) is 8.61. The Labute approximate surface area is 142 Å². The zero-order valence-corrected chi connectivity index (χ0v) is 14.4. The van der Waals surface area contributed by atoms with Crippen LogP contribution in [0.1, 0.15) is 38.4 Å². The second-order valence-electron chi connectivity index (χ2n) is 7.27. The highest BCUT2D eigenvalue weighted by Gasteiger charge is 2.43. The Balaban J connectivity index is 1.61. The van der Waals surface area contributed by atoms with Crippen molar-refractivity contribution in [1.82, 2.24) is 19.4 Å². The first-order valence-corrected chi connectivity index (χ1v) is 8.61. The Morgan fingerprint density at radius 1 is 1.38 bits per heavy atom. The zero-order chi connectivity index (χ0) is 17.3. The monoisotopic (exact) mass is 334 g/mol. The lowest BCUT2D eigenvalue weighted by Gasteiger charge is -2.48. The first-order chi connectivity index (χ1) is 11.4. The molecule has 3 heterocycles. The van der Waals surface area contributed by atoms with Gasteiger partial charge in [-0.15, -0.1) is 0 Å². The molecular weight excluding hydrogens is 308 g/mol. The van der Waals surface area contributed by atoms with E-state index < -0.39 is 12.0 Å². The molecule has 0 aliphatic carbocycles. The van der Waals surface area contributed by atoms with E-state index in [0.717, 1.165) is 44.7 Å². The number of carbonyl (C=O) groups is 2.